The second-order valence-electron chi connectivity index (χ2n) is 16.4. The summed E-state index contributed by atoms with van der Waals surface area (Å²) in [5.41, 5.74) is 0. The van der Waals surface area contributed by atoms with E-state index in [2.05, 4.69) is 124 Å². The molecule has 4 atom stereocenters. The van der Waals surface area contributed by atoms with Crippen molar-refractivity contribution in [2.24, 2.45) is 23.7 Å². The van der Waals surface area contributed by atoms with Gasteiger partial charge in [0.2, 0.25) is 0 Å². The first-order chi connectivity index (χ1) is 28.2. The molecule has 0 radical (unpaired) electrons. The Kier molecular flexibility index (Phi) is 23.9. The van der Waals surface area contributed by atoms with Crippen molar-refractivity contribution < 1.29 is 18.9 Å². The van der Waals surface area contributed by atoms with Crippen molar-refractivity contribution in [2.45, 2.75) is 172 Å². The lowest BCUT2D eigenvalue weighted by Crippen LogP contribution is -2.14. The number of benzene rings is 4. The molecular formula is C52H80Br2O4. The fraction of sp³-hybridized carbons (Fsp3) is 0.654. The van der Waals surface area contributed by atoms with Crippen molar-refractivity contribution >= 4 is 64.2 Å². The topological polar surface area (TPSA) is 36.9 Å². The van der Waals surface area contributed by atoms with Crippen molar-refractivity contribution in [2.75, 3.05) is 26.4 Å². The van der Waals surface area contributed by atoms with E-state index in [1.54, 1.807) is 0 Å². The summed E-state index contributed by atoms with van der Waals surface area (Å²) >= 11 is 7.72. The molecule has 4 nitrogen and oxygen atoms in total. The highest BCUT2D eigenvalue weighted by atomic mass is 79.9. The molecule has 0 aromatic heterocycles. The fourth-order valence-corrected chi connectivity index (χ4v) is 8.56. The highest BCUT2D eigenvalue weighted by Gasteiger charge is 2.21. The zero-order chi connectivity index (χ0) is 42.5. The number of ether oxygens (including phenoxy) is 4. The van der Waals surface area contributed by atoms with E-state index in [0.29, 0.717) is 50.1 Å². The van der Waals surface area contributed by atoms with Crippen LogP contribution in [0.2, 0.25) is 0 Å². The molecule has 0 aliphatic heterocycles. The molecule has 0 aliphatic rings. The van der Waals surface area contributed by atoms with Crippen LogP contribution in [0, 0.1) is 23.7 Å². The summed E-state index contributed by atoms with van der Waals surface area (Å²) in [5, 5.41) is 6.95. The van der Waals surface area contributed by atoms with Crippen molar-refractivity contribution in [1.82, 2.24) is 0 Å². The van der Waals surface area contributed by atoms with Gasteiger partial charge in [0.1, 0.15) is 0 Å². The van der Waals surface area contributed by atoms with E-state index in [1.165, 1.54) is 87.8 Å². The van der Waals surface area contributed by atoms with Gasteiger partial charge in [0, 0.05) is 8.95 Å². The predicted molar refractivity (Wildman–Crippen MR) is 261 cm³/mol. The average Bonchev–Trinajstić information content (AvgIpc) is 3.25. The van der Waals surface area contributed by atoms with E-state index in [-0.39, 0.29) is 0 Å². The summed E-state index contributed by atoms with van der Waals surface area (Å²) in [6.07, 6.45) is 18.9. The van der Waals surface area contributed by atoms with Gasteiger partial charge in [-0.25, -0.2) is 0 Å². The molecule has 58 heavy (non-hydrogen) atoms. The molecule has 4 unspecified atom stereocenters. The number of unbranched alkanes of at least 4 members (excludes halogenated alkanes) is 4. The SMILES string of the molecule is CC.CCCCC(CC)COc1cc2c3cc(Br)c(Br)cc3c3cc(OCC(CC)CCCC)c(OCC(CC)CCCC)cc3c2cc1OCC(CC)CCCC. The standard InChI is InChI=1S/C50H74Br2O4.C2H6/c1-9-17-21-35(13-5)31-53-47-27-41-39-25-45(51)46(52)26-40(39)42-28-48(54-32-36(14-6)22-18-10-2)50(56-34-38(16-8)24-20-12-4)30-44(42)43(41)29-49(47)55-33-37(15-7)23-19-11-3;1-2/h25-30,35-38H,9-24,31-34H2,1-8H3;1-2H3. The zero-order valence-corrected chi connectivity index (χ0v) is 41.5. The number of hydrogen-bond acceptors (Lipinski definition) is 4. The first kappa shape index (κ1) is 50.2. The summed E-state index contributed by atoms with van der Waals surface area (Å²) in [4.78, 5) is 0. The Morgan fingerprint density at radius 3 is 0.759 bits per heavy atom. The van der Waals surface area contributed by atoms with Crippen LogP contribution in [0.15, 0.2) is 45.3 Å². The first-order valence-corrected chi connectivity index (χ1v) is 25.2. The van der Waals surface area contributed by atoms with Crippen molar-refractivity contribution in [3.05, 3.63) is 45.3 Å². The van der Waals surface area contributed by atoms with Crippen LogP contribution in [0.4, 0.5) is 0 Å². The Balaban J connectivity index is 0.00000443. The maximum atomic E-state index is 6.84. The van der Waals surface area contributed by atoms with Gasteiger partial charge in [-0.1, -0.05) is 146 Å². The lowest BCUT2D eigenvalue weighted by Gasteiger charge is -2.23. The summed E-state index contributed by atoms with van der Waals surface area (Å²) in [6, 6.07) is 13.5. The van der Waals surface area contributed by atoms with Gasteiger partial charge in [-0.05, 0) is 150 Å². The van der Waals surface area contributed by atoms with E-state index in [9.17, 15) is 0 Å². The minimum atomic E-state index is 0.510. The van der Waals surface area contributed by atoms with Crippen LogP contribution in [0.25, 0.3) is 32.3 Å². The minimum Gasteiger partial charge on any atom is -0.489 e. The molecule has 0 saturated carbocycles. The molecule has 4 aromatic carbocycles. The Morgan fingerprint density at radius 1 is 0.362 bits per heavy atom. The van der Waals surface area contributed by atoms with E-state index in [0.717, 1.165) is 79.2 Å². The summed E-state index contributed by atoms with van der Waals surface area (Å²) in [5.74, 6) is 5.41. The van der Waals surface area contributed by atoms with Crippen LogP contribution in [0.5, 0.6) is 23.0 Å². The maximum absolute atomic E-state index is 6.84. The molecule has 0 saturated heterocycles. The Morgan fingerprint density at radius 2 is 0.569 bits per heavy atom. The minimum absolute atomic E-state index is 0.510. The molecule has 0 spiro atoms. The number of halogens is 2. The Hall–Kier alpha value is -2.18. The van der Waals surface area contributed by atoms with E-state index >= 15 is 0 Å². The molecule has 4 rings (SSSR count). The molecular weight excluding hydrogens is 848 g/mol. The molecule has 0 N–H and O–H groups in total. The quantitative estimate of drug-likeness (QED) is 0.0532. The molecule has 0 fully saturated rings. The van der Waals surface area contributed by atoms with Crippen LogP contribution in [0.3, 0.4) is 0 Å². The van der Waals surface area contributed by atoms with Crippen LogP contribution in [0.1, 0.15) is 172 Å². The summed E-state index contributed by atoms with van der Waals surface area (Å²) in [6.45, 7) is 25.0. The van der Waals surface area contributed by atoms with Crippen molar-refractivity contribution in [3.8, 4) is 23.0 Å². The lowest BCUT2D eigenvalue weighted by molar-refractivity contribution is 0.199. The monoisotopic (exact) mass is 926 g/mol. The van der Waals surface area contributed by atoms with Crippen LogP contribution >= 0.6 is 31.9 Å². The van der Waals surface area contributed by atoms with Crippen LogP contribution in [-0.2, 0) is 0 Å². The predicted octanol–water partition coefficient (Wildman–Crippen LogP) is 18.1. The number of hydrogen-bond donors (Lipinski definition) is 0. The van der Waals surface area contributed by atoms with E-state index < -0.39 is 0 Å². The molecule has 0 amide bonds. The van der Waals surface area contributed by atoms with Crippen molar-refractivity contribution in [3.63, 3.8) is 0 Å². The summed E-state index contributed by atoms with van der Waals surface area (Å²) < 4.78 is 29.4. The van der Waals surface area contributed by atoms with Crippen LogP contribution < -0.4 is 18.9 Å². The maximum Gasteiger partial charge on any atom is 0.161 e. The van der Waals surface area contributed by atoms with Gasteiger partial charge in [0.25, 0.3) is 0 Å². The third kappa shape index (κ3) is 14.5. The molecule has 0 bridgehead atoms. The third-order valence-electron chi connectivity index (χ3n) is 12.2. The van der Waals surface area contributed by atoms with Crippen LogP contribution in [-0.4, -0.2) is 26.4 Å². The zero-order valence-electron chi connectivity index (χ0n) is 38.3. The van der Waals surface area contributed by atoms with E-state index in [1.807, 2.05) is 13.8 Å². The van der Waals surface area contributed by atoms with Gasteiger partial charge in [-0.15, -0.1) is 0 Å². The van der Waals surface area contributed by atoms with Crippen molar-refractivity contribution in [1.29, 1.82) is 0 Å². The molecule has 0 heterocycles. The molecule has 4 aromatic rings. The molecule has 0 aliphatic carbocycles. The van der Waals surface area contributed by atoms with Gasteiger partial charge in [-0.3, -0.25) is 0 Å². The second-order valence-corrected chi connectivity index (χ2v) is 18.1. The lowest BCUT2D eigenvalue weighted by atomic mass is 9.93. The highest BCUT2D eigenvalue weighted by molar-refractivity contribution is 9.13. The Bertz CT molecular complexity index is 1640. The number of fused-ring (bicyclic) bond motifs is 6. The largest absolute Gasteiger partial charge is 0.489 e. The van der Waals surface area contributed by atoms with Gasteiger partial charge in [0.15, 0.2) is 23.0 Å². The molecule has 6 heteroatoms. The Labute approximate surface area is 371 Å². The second kappa shape index (κ2) is 27.6. The number of rotatable bonds is 28. The average molecular weight is 929 g/mol. The normalized spacial score (nSPS) is 13.6. The van der Waals surface area contributed by atoms with Gasteiger partial charge in [-0.2, -0.15) is 0 Å². The first-order valence-electron chi connectivity index (χ1n) is 23.6. The third-order valence-corrected chi connectivity index (χ3v) is 14.0. The summed E-state index contributed by atoms with van der Waals surface area (Å²) in [7, 11) is 0. The molecule has 326 valence electrons. The van der Waals surface area contributed by atoms with Gasteiger partial charge < -0.3 is 18.9 Å². The fourth-order valence-electron chi connectivity index (χ4n) is 7.88. The van der Waals surface area contributed by atoms with Gasteiger partial charge in [0.05, 0.1) is 26.4 Å². The highest BCUT2D eigenvalue weighted by Crippen LogP contribution is 2.46. The smallest absolute Gasteiger partial charge is 0.161 e. The van der Waals surface area contributed by atoms with Gasteiger partial charge >= 0.3 is 0 Å². The van der Waals surface area contributed by atoms with E-state index in [4.69, 9.17) is 18.9 Å².